The lowest BCUT2D eigenvalue weighted by Gasteiger charge is -2.25. The molecule has 0 saturated carbocycles. The first-order valence-corrected chi connectivity index (χ1v) is 12.5. The number of nitrogens with two attached hydrogens (primary N) is 2. The molecule has 2 rings (SSSR count). The number of nitrogens with one attached hydrogen (secondary N) is 4. The van der Waals surface area contributed by atoms with Gasteiger partial charge in [-0.25, -0.2) is 9.78 Å². The minimum absolute atomic E-state index is 0.0323. The summed E-state index contributed by atoms with van der Waals surface area (Å²) >= 11 is 0. The number of nitrogens with zero attached hydrogens (tertiary/aromatic N) is 1. The summed E-state index contributed by atoms with van der Waals surface area (Å²) in [6.07, 6.45) is 1.33. The van der Waals surface area contributed by atoms with Crippen LogP contribution in [0, 0.1) is 0 Å². The number of aromatic amines is 1. The van der Waals surface area contributed by atoms with E-state index in [9.17, 15) is 39.0 Å². The van der Waals surface area contributed by atoms with E-state index in [1.807, 2.05) is 0 Å². The molecule has 0 saturated heterocycles. The molecule has 4 amide bonds. The van der Waals surface area contributed by atoms with Crippen molar-refractivity contribution in [3.63, 3.8) is 0 Å². The van der Waals surface area contributed by atoms with Gasteiger partial charge in [0.2, 0.25) is 23.6 Å². The van der Waals surface area contributed by atoms with Crippen LogP contribution >= 0.6 is 0 Å². The van der Waals surface area contributed by atoms with E-state index >= 15 is 0 Å². The maximum Gasteiger partial charge on any atom is 0.326 e. The van der Waals surface area contributed by atoms with Gasteiger partial charge in [0.25, 0.3) is 0 Å². The molecule has 1 aromatic heterocycles. The second-order valence-electron chi connectivity index (χ2n) is 9.22. The number of hydrogen-bond acceptors (Lipinski definition) is 9. The van der Waals surface area contributed by atoms with Crippen molar-refractivity contribution in [2.45, 2.75) is 62.7 Å². The Bertz CT molecular complexity index is 1220. The topological polar surface area (TPSA) is 280 Å². The van der Waals surface area contributed by atoms with E-state index in [-0.39, 0.29) is 44.3 Å². The van der Waals surface area contributed by atoms with Gasteiger partial charge in [0.05, 0.1) is 12.4 Å². The monoisotopic (exact) mass is 575 g/mol. The molecule has 0 aliphatic rings. The Morgan fingerprint density at radius 2 is 1.41 bits per heavy atom. The fourth-order valence-electron chi connectivity index (χ4n) is 3.68. The number of rotatable bonds is 17. The smallest absolute Gasteiger partial charge is 0.326 e. The number of carboxylic acid groups (broad SMARTS) is 2. The molecule has 41 heavy (non-hydrogen) atoms. The fourth-order valence-corrected chi connectivity index (χ4v) is 3.68. The molecule has 0 bridgehead atoms. The van der Waals surface area contributed by atoms with Gasteiger partial charge in [-0.3, -0.25) is 24.0 Å². The van der Waals surface area contributed by atoms with Gasteiger partial charge in [-0.1, -0.05) is 12.1 Å². The Morgan fingerprint density at radius 3 is 1.95 bits per heavy atom. The minimum atomic E-state index is -1.48. The third kappa shape index (κ3) is 11.3. The number of hydrogen-bond donors (Lipinski definition) is 9. The Morgan fingerprint density at radius 1 is 0.829 bits per heavy atom. The molecule has 4 atom stereocenters. The number of carboxylic acids is 2. The number of benzene rings is 1. The van der Waals surface area contributed by atoms with Crippen molar-refractivity contribution < 1.29 is 44.1 Å². The highest BCUT2D eigenvalue weighted by molar-refractivity contribution is 5.94. The first-order valence-electron chi connectivity index (χ1n) is 12.5. The number of H-pyrrole nitrogens is 1. The number of carbonyl (C=O) groups excluding carboxylic acids is 4. The maximum absolute atomic E-state index is 13.4. The average Bonchev–Trinajstić information content (AvgIpc) is 3.42. The van der Waals surface area contributed by atoms with Gasteiger partial charge in [0, 0.05) is 37.6 Å². The van der Waals surface area contributed by atoms with Crippen molar-refractivity contribution in [1.29, 1.82) is 0 Å². The number of primary amides is 1. The van der Waals surface area contributed by atoms with Crippen molar-refractivity contribution in [3.8, 4) is 5.75 Å². The van der Waals surface area contributed by atoms with Crippen LogP contribution in [0.3, 0.4) is 0 Å². The van der Waals surface area contributed by atoms with E-state index in [1.54, 1.807) is 0 Å². The molecule has 11 N–H and O–H groups in total. The molecular weight excluding hydrogens is 542 g/mol. The highest BCUT2D eigenvalue weighted by atomic mass is 16.4. The van der Waals surface area contributed by atoms with Gasteiger partial charge in [-0.05, 0) is 30.5 Å². The molecule has 4 unspecified atom stereocenters. The summed E-state index contributed by atoms with van der Waals surface area (Å²) in [6.45, 7) is 0. The fraction of sp³-hybridized carbons (Fsp3) is 0.400. The first-order chi connectivity index (χ1) is 19.3. The van der Waals surface area contributed by atoms with Crippen LogP contribution < -0.4 is 27.4 Å². The minimum Gasteiger partial charge on any atom is -0.508 e. The van der Waals surface area contributed by atoms with Crippen LogP contribution in [0.5, 0.6) is 5.75 Å². The summed E-state index contributed by atoms with van der Waals surface area (Å²) in [6, 6.07) is 0.397. The van der Waals surface area contributed by atoms with Gasteiger partial charge >= 0.3 is 11.9 Å². The van der Waals surface area contributed by atoms with Crippen molar-refractivity contribution in [3.05, 3.63) is 48.0 Å². The second-order valence-corrected chi connectivity index (χ2v) is 9.22. The molecule has 0 aliphatic heterocycles. The molecule has 222 valence electrons. The zero-order valence-electron chi connectivity index (χ0n) is 21.9. The van der Waals surface area contributed by atoms with Gasteiger partial charge in [-0.2, -0.15) is 0 Å². The summed E-state index contributed by atoms with van der Waals surface area (Å²) in [5, 5.41) is 35.2. The summed E-state index contributed by atoms with van der Waals surface area (Å²) in [7, 11) is 0. The van der Waals surface area contributed by atoms with Crippen LogP contribution in [0.2, 0.25) is 0 Å². The van der Waals surface area contributed by atoms with E-state index in [0.29, 0.717) is 11.3 Å². The predicted octanol–water partition coefficient (Wildman–Crippen LogP) is -2.10. The molecule has 0 aliphatic carbocycles. The number of amides is 4. The zero-order valence-corrected chi connectivity index (χ0v) is 21.9. The average molecular weight is 576 g/mol. The quantitative estimate of drug-likeness (QED) is 0.0984. The van der Waals surface area contributed by atoms with E-state index in [0.717, 1.165) is 0 Å². The third-order valence-corrected chi connectivity index (χ3v) is 5.92. The molecule has 1 heterocycles. The van der Waals surface area contributed by atoms with Gasteiger partial charge in [0.1, 0.15) is 23.9 Å². The van der Waals surface area contributed by atoms with Crippen molar-refractivity contribution in [2.24, 2.45) is 11.5 Å². The molecule has 16 heteroatoms. The summed E-state index contributed by atoms with van der Waals surface area (Å²) < 4.78 is 0. The number of phenols is 1. The second kappa shape index (κ2) is 15.6. The first kappa shape index (κ1) is 32.2. The number of carbonyl (C=O) groups is 6. The number of aromatic hydroxyl groups is 1. The maximum atomic E-state index is 13.4. The largest absolute Gasteiger partial charge is 0.508 e. The van der Waals surface area contributed by atoms with E-state index in [2.05, 4.69) is 25.9 Å². The number of imidazole rings is 1. The van der Waals surface area contributed by atoms with Crippen molar-refractivity contribution in [1.82, 2.24) is 25.9 Å². The van der Waals surface area contributed by atoms with Crippen LogP contribution in [0.15, 0.2) is 36.8 Å². The summed E-state index contributed by atoms with van der Waals surface area (Å²) in [5.41, 5.74) is 11.8. The van der Waals surface area contributed by atoms with Gasteiger partial charge in [0.15, 0.2) is 0 Å². The molecule has 16 nitrogen and oxygen atoms in total. The van der Waals surface area contributed by atoms with Gasteiger partial charge in [-0.15, -0.1) is 0 Å². The van der Waals surface area contributed by atoms with Crippen molar-refractivity contribution in [2.75, 3.05) is 0 Å². The van der Waals surface area contributed by atoms with E-state index < -0.39 is 59.7 Å². The molecule has 2 aromatic rings. The van der Waals surface area contributed by atoms with Crippen LogP contribution in [-0.4, -0.2) is 85.0 Å². The SMILES string of the molecule is NC(=O)CCC(NC(=O)C(Cc1cnc[nH]1)NC(=O)C(Cc1ccc(O)cc1)NC(=O)C(N)CCC(=O)O)C(=O)O. The highest BCUT2D eigenvalue weighted by Crippen LogP contribution is 2.12. The lowest BCUT2D eigenvalue weighted by molar-refractivity contribution is -0.142. The van der Waals surface area contributed by atoms with Gasteiger partial charge < -0.3 is 47.7 Å². The lowest BCUT2D eigenvalue weighted by atomic mass is 10.0. The molecular formula is C25H33N7O9. The lowest BCUT2D eigenvalue weighted by Crippen LogP contribution is -2.58. The Hall–Kier alpha value is -4.99. The molecule has 0 radical (unpaired) electrons. The van der Waals surface area contributed by atoms with Crippen LogP contribution in [0.1, 0.15) is 36.9 Å². The van der Waals surface area contributed by atoms with Crippen LogP contribution in [0.25, 0.3) is 0 Å². The predicted molar refractivity (Wildman–Crippen MR) is 141 cm³/mol. The molecule has 0 spiro atoms. The van der Waals surface area contributed by atoms with E-state index in [4.69, 9.17) is 16.6 Å². The summed E-state index contributed by atoms with van der Waals surface area (Å²) in [4.78, 5) is 79.5. The summed E-state index contributed by atoms with van der Waals surface area (Å²) in [5.74, 6) is -5.90. The zero-order chi connectivity index (χ0) is 30.5. The standard InChI is InChI=1S/C25H33N7O9/c26-16(5-8-21(35)36)22(37)31-18(9-13-1-3-15(33)4-2-13)23(38)32-19(10-14-11-28-12-29-14)24(39)30-17(25(40)41)6-7-20(27)34/h1-4,11-12,16-19,33H,5-10,26H2,(H2,27,34)(H,28,29)(H,30,39)(H,31,37)(H,32,38)(H,35,36)(H,40,41). The number of aromatic nitrogens is 2. The number of aliphatic carboxylic acids is 2. The Kier molecular flexibility index (Phi) is 12.2. The Labute approximate surface area is 233 Å². The third-order valence-electron chi connectivity index (χ3n) is 5.92. The highest BCUT2D eigenvalue weighted by Gasteiger charge is 2.31. The van der Waals surface area contributed by atoms with Crippen LogP contribution in [0.4, 0.5) is 0 Å². The van der Waals surface area contributed by atoms with Crippen LogP contribution in [-0.2, 0) is 41.6 Å². The molecule has 0 fully saturated rings. The Balaban J connectivity index is 2.27. The molecule has 1 aromatic carbocycles. The van der Waals surface area contributed by atoms with E-state index in [1.165, 1.54) is 36.8 Å². The number of phenolic OH excluding ortho intramolecular Hbond substituents is 1. The normalized spacial score (nSPS) is 13.7. The van der Waals surface area contributed by atoms with Crippen molar-refractivity contribution >= 4 is 35.6 Å².